The van der Waals surface area contributed by atoms with Gasteiger partial charge in [-0.05, 0) is 0 Å². The molecule has 2 aliphatic heterocycles. The van der Waals surface area contributed by atoms with Crippen molar-refractivity contribution in [3.05, 3.63) is 0 Å². The number of urea groups is 1. The number of hydroxylamine groups is 2. The molecule has 12 nitrogen and oxygen atoms in total. The molecule has 3 amide bonds. The summed E-state index contributed by atoms with van der Waals surface area (Å²) < 4.78 is 34.7. The molecule has 0 unspecified atom stereocenters. The first-order valence-corrected chi connectivity index (χ1v) is 7.53. The molecule has 2 heterocycles. The summed E-state index contributed by atoms with van der Waals surface area (Å²) in [4.78, 5) is 28.8. The van der Waals surface area contributed by atoms with E-state index in [2.05, 4.69) is 9.44 Å². The van der Waals surface area contributed by atoms with E-state index in [1.165, 1.54) is 4.90 Å². The number of piperidine rings is 1. The van der Waals surface area contributed by atoms with E-state index >= 15 is 0 Å². The Morgan fingerprint density at radius 1 is 1.50 bits per heavy atom. The van der Waals surface area contributed by atoms with Crippen LogP contribution in [0.2, 0.25) is 0 Å². The SMILES string of the molecule is NC[C@@H]1CC(=NOCC(N)=O)[C@@H]2CN1C(=O)N2OS(=O)(=O)O. The lowest BCUT2D eigenvalue weighted by Crippen LogP contribution is -2.48. The fourth-order valence-electron chi connectivity index (χ4n) is 2.30. The number of nitrogens with two attached hydrogens (primary N) is 2. The summed E-state index contributed by atoms with van der Waals surface area (Å²) in [7, 11) is -4.88. The smallest absolute Gasteiger partial charge is 0.386 e. The van der Waals surface area contributed by atoms with Crippen molar-refractivity contribution in [2.24, 2.45) is 16.6 Å². The third-order valence-electron chi connectivity index (χ3n) is 3.19. The van der Waals surface area contributed by atoms with E-state index in [0.29, 0.717) is 5.06 Å². The van der Waals surface area contributed by atoms with Gasteiger partial charge in [0.1, 0.15) is 6.04 Å². The molecule has 0 aromatic carbocycles. The van der Waals surface area contributed by atoms with Crippen molar-refractivity contribution in [1.82, 2.24) is 9.96 Å². The molecule has 0 radical (unpaired) electrons. The predicted octanol–water partition coefficient (Wildman–Crippen LogP) is -2.58. The quantitative estimate of drug-likeness (QED) is 0.349. The molecule has 0 aliphatic carbocycles. The lowest BCUT2D eigenvalue weighted by molar-refractivity contribution is -0.122. The average molecular weight is 337 g/mol. The normalized spacial score (nSPS) is 26.6. The van der Waals surface area contributed by atoms with Crippen molar-refractivity contribution in [1.29, 1.82) is 0 Å². The molecule has 22 heavy (non-hydrogen) atoms. The highest BCUT2D eigenvalue weighted by atomic mass is 32.3. The number of carbonyl (C=O) groups is 2. The second-order valence-electron chi connectivity index (χ2n) is 4.69. The minimum absolute atomic E-state index is 0.0645. The molecule has 2 rings (SSSR count). The maximum Gasteiger partial charge on any atom is 0.418 e. The van der Waals surface area contributed by atoms with Gasteiger partial charge in [0.15, 0.2) is 6.61 Å². The van der Waals surface area contributed by atoms with Gasteiger partial charge in [-0.25, -0.2) is 4.79 Å². The van der Waals surface area contributed by atoms with E-state index in [1.807, 2.05) is 0 Å². The maximum absolute atomic E-state index is 12.1. The lowest BCUT2D eigenvalue weighted by Gasteiger charge is -2.29. The van der Waals surface area contributed by atoms with Crippen LogP contribution in [0.15, 0.2) is 5.16 Å². The number of oxime groups is 1. The van der Waals surface area contributed by atoms with Crippen molar-refractivity contribution in [3.8, 4) is 0 Å². The van der Waals surface area contributed by atoms with Gasteiger partial charge < -0.3 is 21.2 Å². The molecular formula is C9H15N5O7S. The van der Waals surface area contributed by atoms with Crippen LogP contribution in [0, 0.1) is 0 Å². The molecule has 0 aromatic heterocycles. The average Bonchev–Trinajstić information content (AvgIpc) is 2.66. The second kappa shape index (κ2) is 6.04. The Kier molecular flexibility index (Phi) is 4.50. The summed E-state index contributed by atoms with van der Waals surface area (Å²) >= 11 is 0. The Hall–Kier alpha value is -1.96. The van der Waals surface area contributed by atoms with E-state index in [-0.39, 0.29) is 25.2 Å². The fraction of sp³-hybridized carbons (Fsp3) is 0.667. The van der Waals surface area contributed by atoms with Crippen molar-refractivity contribution >= 4 is 28.0 Å². The van der Waals surface area contributed by atoms with Crippen molar-refractivity contribution in [2.75, 3.05) is 19.7 Å². The van der Waals surface area contributed by atoms with Gasteiger partial charge in [0, 0.05) is 13.0 Å². The number of fused-ring (bicyclic) bond motifs is 2. The van der Waals surface area contributed by atoms with Crippen molar-refractivity contribution < 1.29 is 31.7 Å². The molecule has 0 spiro atoms. The Labute approximate surface area is 125 Å². The zero-order valence-electron chi connectivity index (χ0n) is 11.3. The summed E-state index contributed by atoms with van der Waals surface area (Å²) in [5, 5.41) is 4.18. The van der Waals surface area contributed by atoms with Crippen LogP contribution in [0.4, 0.5) is 4.79 Å². The molecule has 0 saturated carbocycles. The van der Waals surface area contributed by atoms with Gasteiger partial charge in [0.05, 0.1) is 18.3 Å². The third kappa shape index (κ3) is 3.44. The van der Waals surface area contributed by atoms with Crippen molar-refractivity contribution in [3.63, 3.8) is 0 Å². The molecule has 2 atom stereocenters. The lowest BCUT2D eigenvalue weighted by atomic mass is 9.99. The molecule has 124 valence electrons. The molecule has 2 fully saturated rings. The van der Waals surface area contributed by atoms with Crippen molar-refractivity contribution in [2.45, 2.75) is 18.5 Å². The monoisotopic (exact) mass is 337 g/mol. The van der Waals surface area contributed by atoms with Gasteiger partial charge in [-0.2, -0.15) is 13.5 Å². The van der Waals surface area contributed by atoms with E-state index in [1.54, 1.807) is 0 Å². The second-order valence-corrected chi connectivity index (χ2v) is 5.70. The summed E-state index contributed by atoms with van der Waals surface area (Å²) in [5.74, 6) is -0.745. The van der Waals surface area contributed by atoms with Crippen LogP contribution in [-0.2, 0) is 24.3 Å². The van der Waals surface area contributed by atoms with Gasteiger partial charge in [0.2, 0.25) is 0 Å². The molecule has 2 aliphatic rings. The first kappa shape index (κ1) is 16.4. The highest BCUT2D eigenvalue weighted by Gasteiger charge is 2.50. The van der Waals surface area contributed by atoms with Crippen LogP contribution in [0.25, 0.3) is 0 Å². The van der Waals surface area contributed by atoms with E-state index in [4.69, 9.17) is 20.9 Å². The highest BCUT2D eigenvalue weighted by Crippen LogP contribution is 2.29. The first-order valence-electron chi connectivity index (χ1n) is 6.17. The van der Waals surface area contributed by atoms with Gasteiger partial charge in [0.25, 0.3) is 5.91 Å². The number of rotatable bonds is 6. The van der Waals surface area contributed by atoms with Crippen LogP contribution in [-0.4, -0.2) is 72.4 Å². The van der Waals surface area contributed by atoms with Gasteiger partial charge in [-0.15, -0.1) is 4.28 Å². The van der Waals surface area contributed by atoms with Crippen LogP contribution in [0.1, 0.15) is 6.42 Å². The minimum Gasteiger partial charge on any atom is -0.386 e. The van der Waals surface area contributed by atoms with Crippen LogP contribution < -0.4 is 11.5 Å². The zero-order chi connectivity index (χ0) is 16.5. The summed E-state index contributed by atoms with van der Waals surface area (Å²) in [6.45, 7) is -0.303. The predicted molar refractivity (Wildman–Crippen MR) is 70.4 cm³/mol. The van der Waals surface area contributed by atoms with Gasteiger partial charge in [-0.3, -0.25) is 9.35 Å². The number of carbonyl (C=O) groups excluding carboxylic acids is 2. The van der Waals surface area contributed by atoms with Crippen LogP contribution >= 0.6 is 0 Å². The standard InChI is InChI=1S/C9H15N5O7S/c10-2-5-1-6(12-20-4-8(11)15)7-3-13(5)9(16)14(7)21-22(17,18)19/h5,7H,1-4,10H2,(H2,11,15)(H,17,18,19)/t5-,7-/m0/s1. The van der Waals surface area contributed by atoms with Crippen LogP contribution in [0.3, 0.4) is 0 Å². The molecular weight excluding hydrogens is 322 g/mol. The number of amides is 3. The Morgan fingerprint density at radius 3 is 2.73 bits per heavy atom. The molecule has 13 heteroatoms. The molecule has 2 bridgehead atoms. The third-order valence-corrected chi connectivity index (χ3v) is 3.54. The van der Waals surface area contributed by atoms with E-state index < -0.39 is 41.0 Å². The summed E-state index contributed by atoms with van der Waals surface area (Å²) in [6, 6.07) is -2.09. The van der Waals surface area contributed by atoms with Gasteiger partial charge >= 0.3 is 16.4 Å². The zero-order valence-corrected chi connectivity index (χ0v) is 12.1. The Bertz CT molecular complexity index is 605. The number of nitrogens with zero attached hydrogens (tertiary/aromatic N) is 3. The molecule has 2 saturated heterocycles. The molecule has 0 aromatic rings. The summed E-state index contributed by atoms with van der Waals surface area (Å²) in [5.41, 5.74) is 10.7. The Balaban J connectivity index is 2.24. The first-order chi connectivity index (χ1) is 10.2. The topological polar surface area (TPSA) is 178 Å². The highest BCUT2D eigenvalue weighted by molar-refractivity contribution is 7.80. The van der Waals surface area contributed by atoms with E-state index in [0.717, 1.165) is 0 Å². The summed E-state index contributed by atoms with van der Waals surface area (Å²) in [6.07, 6.45) is 0.205. The van der Waals surface area contributed by atoms with Gasteiger partial charge in [-0.1, -0.05) is 5.16 Å². The maximum atomic E-state index is 12.1. The largest absolute Gasteiger partial charge is 0.418 e. The Morgan fingerprint density at radius 2 is 2.18 bits per heavy atom. The fourth-order valence-corrected chi connectivity index (χ4v) is 2.68. The molecule has 5 N–H and O–H groups in total. The van der Waals surface area contributed by atoms with Crippen LogP contribution in [0.5, 0.6) is 0 Å². The number of primary amides is 1. The number of hydrogen-bond donors (Lipinski definition) is 3. The minimum atomic E-state index is -4.88. The van der Waals surface area contributed by atoms with E-state index in [9.17, 15) is 18.0 Å². The number of hydrogen-bond acceptors (Lipinski definition) is 8.